The van der Waals surface area contributed by atoms with Crippen LogP contribution in [-0.2, 0) is 17.6 Å². The van der Waals surface area contributed by atoms with Gasteiger partial charge in [0.1, 0.15) is 5.76 Å². The highest BCUT2D eigenvalue weighted by molar-refractivity contribution is 5.94. The molecule has 1 heterocycles. The third-order valence-corrected chi connectivity index (χ3v) is 4.64. The van der Waals surface area contributed by atoms with E-state index in [0.717, 1.165) is 43.4 Å². The van der Waals surface area contributed by atoms with Gasteiger partial charge in [-0.15, -0.1) is 0 Å². The summed E-state index contributed by atoms with van der Waals surface area (Å²) in [6, 6.07) is 0. The van der Waals surface area contributed by atoms with Gasteiger partial charge < -0.3 is 14.9 Å². The highest BCUT2D eigenvalue weighted by Gasteiger charge is 2.33. The standard InChI is InChI=1S/C16H24N2O4/c1-3-16(4-2,10-13(19)20)17-15(21)14-11-8-6-5-7-9-12(11)22-18-14/h3-10H2,1-2H3,(H,17,21)(H,19,20). The van der Waals surface area contributed by atoms with E-state index in [9.17, 15) is 9.59 Å². The minimum Gasteiger partial charge on any atom is -0.481 e. The molecular weight excluding hydrogens is 284 g/mol. The van der Waals surface area contributed by atoms with Crippen molar-refractivity contribution in [3.63, 3.8) is 0 Å². The predicted molar refractivity (Wildman–Crippen MR) is 80.8 cm³/mol. The molecule has 0 atom stereocenters. The highest BCUT2D eigenvalue weighted by atomic mass is 16.5. The molecule has 1 aromatic rings. The van der Waals surface area contributed by atoms with Crippen molar-refractivity contribution in [3.8, 4) is 0 Å². The zero-order valence-electron chi connectivity index (χ0n) is 13.3. The molecule has 0 bridgehead atoms. The van der Waals surface area contributed by atoms with Crippen molar-refractivity contribution >= 4 is 11.9 Å². The first kappa shape index (κ1) is 16.5. The first-order valence-corrected chi connectivity index (χ1v) is 8.03. The predicted octanol–water partition coefficient (Wildman–Crippen LogP) is 2.71. The number of carboxylic acids is 1. The quantitative estimate of drug-likeness (QED) is 0.788. The summed E-state index contributed by atoms with van der Waals surface area (Å²) < 4.78 is 5.32. The number of nitrogens with one attached hydrogen (secondary N) is 1. The minimum atomic E-state index is -0.914. The largest absolute Gasteiger partial charge is 0.481 e. The maximum Gasteiger partial charge on any atom is 0.305 e. The van der Waals surface area contributed by atoms with E-state index in [1.807, 2.05) is 13.8 Å². The molecule has 1 aliphatic rings. The molecule has 1 aliphatic carbocycles. The molecule has 2 N–H and O–H groups in total. The number of nitrogens with zero attached hydrogens (tertiary/aromatic N) is 1. The molecule has 0 unspecified atom stereocenters. The van der Waals surface area contributed by atoms with Gasteiger partial charge in [0, 0.05) is 12.0 Å². The topological polar surface area (TPSA) is 92.4 Å². The summed E-state index contributed by atoms with van der Waals surface area (Å²) in [7, 11) is 0. The molecule has 0 aromatic carbocycles. The van der Waals surface area contributed by atoms with Gasteiger partial charge in [-0.25, -0.2) is 0 Å². The van der Waals surface area contributed by atoms with Crippen LogP contribution in [0.1, 0.15) is 74.2 Å². The first-order chi connectivity index (χ1) is 10.5. The van der Waals surface area contributed by atoms with E-state index in [0.29, 0.717) is 18.5 Å². The molecule has 0 saturated heterocycles. The minimum absolute atomic E-state index is 0.0915. The Morgan fingerprint density at radius 1 is 1.23 bits per heavy atom. The summed E-state index contributed by atoms with van der Waals surface area (Å²) in [6.07, 6.45) is 5.84. The summed E-state index contributed by atoms with van der Waals surface area (Å²) in [6.45, 7) is 3.77. The van der Waals surface area contributed by atoms with E-state index < -0.39 is 11.5 Å². The Morgan fingerprint density at radius 3 is 2.55 bits per heavy atom. The molecule has 0 fully saturated rings. The van der Waals surface area contributed by atoms with Gasteiger partial charge in [-0.3, -0.25) is 9.59 Å². The van der Waals surface area contributed by atoms with Crippen LogP contribution in [0, 0.1) is 0 Å². The fourth-order valence-electron chi connectivity index (χ4n) is 3.05. The van der Waals surface area contributed by atoms with Crippen molar-refractivity contribution in [2.24, 2.45) is 0 Å². The van der Waals surface area contributed by atoms with Gasteiger partial charge in [0.05, 0.1) is 12.0 Å². The number of carbonyl (C=O) groups is 2. The molecule has 0 aliphatic heterocycles. The van der Waals surface area contributed by atoms with Gasteiger partial charge in [-0.2, -0.15) is 0 Å². The highest BCUT2D eigenvalue weighted by Crippen LogP contribution is 2.25. The molecule has 6 heteroatoms. The van der Waals surface area contributed by atoms with E-state index in [2.05, 4.69) is 10.5 Å². The average Bonchev–Trinajstić information content (AvgIpc) is 2.75. The van der Waals surface area contributed by atoms with E-state index in [-0.39, 0.29) is 12.3 Å². The van der Waals surface area contributed by atoms with Crippen LogP contribution < -0.4 is 5.32 Å². The Balaban J connectivity index is 2.20. The molecule has 6 nitrogen and oxygen atoms in total. The number of carboxylic acid groups (broad SMARTS) is 1. The number of hydrogen-bond acceptors (Lipinski definition) is 4. The summed E-state index contributed by atoms with van der Waals surface area (Å²) in [5.41, 5.74) is 0.486. The molecule has 122 valence electrons. The van der Waals surface area contributed by atoms with E-state index in [4.69, 9.17) is 9.63 Å². The van der Waals surface area contributed by atoms with Crippen LogP contribution in [0.4, 0.5) is 0 Å². The van der Waals surface area contributed by atoms with Gasteiger partial charge >= 0.3 is 5.97 Å². The lowest BCUT2D eigenvalue weighted by Crippen LogP contribution is -2.49. The van der Waals surface area contributed by atoms with Crippen molar-refractivity contribution in [1.29, 1.82) is 0 Å². The van der Waals surface area contributed by atoms with Crippen LogP contribution in [0.25, 0.3) is 0 Å². The van der Waals surface area contributed by atoms with Crippen molar-refractivity contribution in [3.05, 3.63) is 17.0 Å². The fraction of sp³-hybridized carbons (Fsp3) is 0.688. The van der Waals surface area contributed by atoms with Crippen LogP contribution in [0.5, 0.6) is 0 Å². The third-order valence-electron chi connectivity index (χ3n) is 4.64. The van der Waals surface area contributed by atoms with Crippen molar-refractivity contribution in [2.45, 2.75) is 70.8 Å². The smallest absolute Gasteiger partial charge is 0.305 e. The zero-order valence-corrected chi connectivity index (χ0v) is 13.3. The summed E-state index contributed by atoms with van der Waals surface area (Å²) >= 11 is 0. The second-order valence-corrected chi connectivity index (χ2v) is 6.01. The van der Waals surface area contributed by atoms with Crippen LogP contribution in [0.2, 0.25) is 0 Å². The number of hydrogen-bond donors (Lipinski definition) is 2. The monoisotopic (exact) mass is 308 g/mol. The van der Waals surface area contributed by atoms with Gasteiger partial charge in [0.15, 0.2) is 5.69 Å². The lowest BCUT2D eigenvalue weighted by atomic mass is 9.88. The molecule has 0 saturated carbocycles. The second-order valence-electron chi connectivity index (χ2n) is 6.01. The Bertz CT molecular complexity index is 546. The SMILES string of the molecule is CCC(CC)(CC(=O)O)NC(=O)c1noc2c1CCCCC2. The van der Waals surface area contributed by atoms with Crippen LogP contribution in [-0.4, -0.2) is 27.7 Å². The summed E-state index contributed by atoms with van der Waals surface area (Å²) in [4.78, 5) is 23.7. The molecular formula is C16H24N2O4. The molecule has 22 heavy (non-hydrogen) atoms. The second kappa shape index (κ2) is 6.94. The van der Waals surface area contributed by atoms with Crippen LogP contribution >= 0.6 is 0 Å². The Kier molecular flexibility index (Phi) is 5.21. The van der Waals surface area contributed by atoms with Gasteiger partial charge in [-0.05, 0) is 32.1 Å². The van der Waals surface area contributed by atoms with E-state index in [1.54, 1.807) is 0 Å². The Labute approximate surface area is 130 Å². The number of carbonyl (C=O) groups excluding carboxylic acids is 1. The molecule has 1 aromatic heterocycles. The van der Waals surface area contributed by atoms with E-state index >= 15 is 0 Å². The van der Waals surface area contributed by atoms with E-state index in [1.165, 1.54) is 0 Å². The maximum absolute atomic E-state index is 12.6. The van der Waals surface area contributed by atoms with Crippen LogP contribution in [0.3, 0.4) is 0 Å². The zero-order chi connectivity index (χ0) is 16.2. The normalized spacial score (nSPS) is 15.0. The maximum atomic E-state index is 12.6. The number of aromatic nitrogens is 1. The molecule has 2 rings (SSSR count). The molecule has 0 radical (unpaired) electrons. The average molecular weight is 308 g/mol. The number of aryl methyl sites for hydroxylation is 1. The third kappa shape index (κ3) is 3.48. The number of amides is 1. The summed E-state index contributed by atoms with van der Waals surface area (Å²) in [5.74, 6) is -0.431. The lowest BCUT2D eigenvalue weighted by molar-refractivity contribution is -0.138. The Morgan fingerprint density at radius 2 is 1.91 bits per heavy atom. The number of fused-ring (bicyclic) bond motifs is 1. The van der Waals surface area contributed by atoms with Gasteiger partial charge in [-0.1, -0.05) is 25.4 Å². The fourth-order valence-corrected chi connectivity index (χ4v) is 3.05. The van der Waals surface area contributed by atoms with Gasteiger partial charge in [0.2, 0.25) is 0 Å². The van der Waals surface area contributed by atoms with Crippen LogP contribution in [0.15, 0.2) is 4.52 Å². The number of aliphatic carboxylic acids is 1. The van der Waals surface area contributed by atoms with Crippen molar-refractivity contribution in [2.75, 3.05) is 0 Å². The number of rotatable bonds is 6. The summed E-state index contributed by atoms with van der Waals surface area (Å²) in [5, 5.41) is 15.9. The van der Waals surface area contributed by atoms with Crippen molar-refractivity contribution in [1.82, 2.24) is 10.5 Å². The molecule has 0 spiro atoms. The van der Waals surface area contributed by atoms with Crippen molar-refractivity contribution < 1.29 is 19.2 Å². The van der Waals surface area contributed by atoms with Gasteiger partial charge in [0.25, 0.3) is 5.91 Å². The Hall–Kier alpha value is -1.85. The molecule has 1 amide bonds. The lowest BCUT2D eigenvalue weighted by Gasteiger charge is -2.31. The first-order valence-electron chi connectivity index (χ1n) is 8.03.